The Morgan fingerprint density at radius 2 is 1.79 bits per heavy atom. The minimum atomic E-state index is 0.241. The van der Waals surface area contributed by atoms with Crippen molar-refractivity contribution in [1.82, 2.24) is 5.32 Å². The first-order valence-electron chi connectivity index (χ1n) is 7.59. The molecule has 1 rings (SSSR count). The van der Waals surface area contributed by atoms with Gasteiger partial charge in [-0.15, -0.1) is 0 Å². The lowest BCUT2D eigenvalue weighted by molar-refractivity contribution is 0.167. The molecule has 0 aliphatic rings. The molecular weight excluding hydrogens is 234 g/mol. The first-order chi connectivity index (χ1) is 9.10. The molecule has 1 aromatic carbocycles. The van der Waals surface area contributed by atoms with Gasteiger partial charge in [0.2, 0.25) is 0 Å². The number of hydrogen-bond acceptors (Lipinski definition) is 2. The third-order valence-electron chi connectivity index (χ3n) is 3.60. The number of benzene rings is 1. The molecule has 0 saturated heterocycles. The average molecular weight is 263 g/mol. The summed E-state index contributed by atoms with van der Waals surface area (Å²) in [5.74, 6) is 1.55. The van der Waals surface area contributed by atoms with Gasteiger partial charge in [-0.1, -0.05) is 45.9 Å². The van der Waals surface area contributed by atoms with Crippen LogP contribution in [-0.4, -0.2) is 12.6 Å². The Balaban J connectivity index is 2.87. The van der Waals surface area contributed by atoms with Crippen LogP contribution in [0, 0.1) is 5.92 Å². The number of hydrogen-bond donors (Lipinski definition) is 1. The van der Waals surface area contributed by atoms with Gasteiger partial charge in [-0.05, 0) is 38.3 Å². The van der Waals surface area contributed by atoms with Crippen LogP contribution in [0.15, 0.2) is 24.3 Å². The van der Waals surface area contributed by atoms with Gasteiger partial charge >= 0.3 is 0 Å². The Kier molecular flexibility index (Phi) is 6.93. The van der Waals surface area contributed by atoms with Crippen molar-refractivity contribution < 1.29 is 4.74 Å². The summed E-state index contributed by atoms with van der Waals surface area (Å²) in [6, 6.07) is 8.80. The molecule has 0 aliphatic carbocycles. The Labute approximate surface area is 118 Å². The first kappa shape index (κ1) is 16.0. The summed E-state index contributed by atoms with van der Waals surface area (Å²) in [5.41, 5.74) is 1.28. The van der Waals surface area contributed by atoms with Crippen molar-refractivity contribution >= 4 is 0 Å². The predicted octanol–water partition coefficient (Wildman–Crippen LogP) is 4.56. The second-order valence-corrected chi connectivity index (χ2v) is 5.52. The maximum Gasteiger partial charge on any atom is 0.124 e. The largest absolute Gasteiger partial charge is 0.490 e. The highest BCUT2D eigenvalue weighted by atomic mass is 16.5. The van der Waals surface area contributed by atoms with Gasteiger partial charge in [0.05, 0.1) is 6.10 Å². The van der Waals surface area contributed by atoms with Crippen molar-refractivity contribution in [3.05, 3.63) is 29.8 Å². The van der Waals surface area contributed by atoms with Crippen LogP contribution in [0.25, 0.3) is 0 Å². The molecule has 0 aromatic heterocycles. The first-order valence-corrected chi connectivity index (χ1v) is 7.59. The van der Waals surface area contributed by atoms with E-state index in [9.17, 15) is 0 Å². The smallest absolute Gasteiger partial charge is 0.124 e. The summed E-state index contributed by atoms with van der Waals surface area (Å²) in [7, 11) is 0. The summed E-state index contributed by atoms with van der Waals surface area (Å²) < 4.78 is 6.13. The van der Waals surface area contributed by atoms with E-state index in [0.29, 0.717) is 12.0 Å². The van der Waals surface area contributed by atoms with E-state index in [0.717, 1.165) is 25.1 Å². The molecule has 19 heavy (non-hydrogen) atoms. The van der Waals surface area contributed by atoms with Gasteiger partial charge in [0, 0.05) is 11.6 Å². The van der Waals surface area contributed by atoms with Crippen LogP contribution in [0.2, 0.25) is 0 Å². The lowest BCUT2D eigenvalue weighted by atomic mass is 10.0. The van der Waals surface area contributed by atoms with Crippen LogP contribution in [0.5, 0.6) is 5.75 Å². The maximum absolute atomic E-state index is 6.13. The molecule has 0 bridgehead atoms. The number of rotatable bonds is 8. The Morgan fingerprint density at radius 3 is 2.37 bits per heavy atom. The molecule has 2 atom stereocenters. The summed E-state index contributed by atoms with van der Waals surface area (Å²) in [6.07, 6.45) is 2.48. The van der Waals surface area contributed by atoms with E-state index in [2.05, 4.69) is 64.2 Å². The number of nitrogens with one attached hydrogen (secondary N) is 1. The SMILES string of the molecule is CCCNC(CC)c1ccccc1OC(C)C(C)C. The molecule has 1 aromatic rings. The van der Waals surface area contributed by atoms with Gasteiger partial charge in [-0.25, -0.2) is 0 Å². The van der Waals surface area contributed by atoms with E-state index >= 15 is 0 Å². The van der Waals surface area contributed by atoms with Crippen LogP contribution in [0.3, 0.4) is 0 Å². The van der Waals surface area contributed by atoms with Crippen molar-refractivity contribution in [2.45, 2.75) is 59.6 Å². The highest BCUT2D eigenvalue weighted by Crippen LogP contribution is 2.28. The fourth-order valence-corrected chi connectivity index (χ4v) is 2.00. The molecule has 2 unspecified atom stereocenters. The van der Waals surface area contributed by atoms with Crippen molar-refractivity contribution in [2.24, 2.45) is 5.92 Å². The average Bonchev–Trinajstić information content (AvgIpc) is 2.41. The highest BCUT2D eigenvalue weighted by Gasteiger charge is 2.16. The van der Waals surface area contributed by atoms with Crippen LogP contribution in [0.4, 0.5) is 0 Å². The second kappa shape index (κ2) is 8.21. The third kappa shape index (κ3) is 4.87. The monoisotopic (exact) mass is 263 g/mol. The molecule has 0 fully saturated rings. The van der Waals surface area contributed by atoms with Crippen molar-refractivity contribution in [3.63, 3.8) is 0 Å². The maximum atomic E-state index is 6.13. The molecule has 108 valence electrons. The number of para-hydroxylation sites is 1. The normalized spacial score (nSPS) is 14.4. The van der Waals surface area contributed by atoms with E-state index in [1.165, 1.54) is 5.56 Å². The minimum absolute atomic E-state index is 0.241. The highest BCUT2D eigenvalue weighted by molar-refractivity contribution is 5.36. The molecule has 0 spiro atoms. The zero-order valence-electron chi connectivity index (χ0n) is 13.1. The minimum Gasteiger partial charge on any atom is -0.490 e. The Bertz CT molecular complexity index is 362. The third-order valence-corrected chi connectivity index (χ3v) is 3.60. The lowest BCUT2D eigenvalue weighted by Crippen LogP contribution is -2.24. The lowest BCUT2D eigenvalue weighted by Gasteiger charge is -2.24. The van der Waals surface area contributed by atoms with Crippen molar-refractivity contribution in [3.8, 4) is 5.75 Å². The molecule has 0 heterocycles. The molecule has 0 saturated carbocycles. The standard InChI is InChI=1S/C17H29NO/c1-6-12-18-16(7-2)15-10-8-9-11-17(15)19-14(5)13(3)4/h8-11,13-14,16,18H,6-7,12H2,1-5H3. The zero-order valence-corrected chi connectivity index (χ0v) is 13.1. The molecule has 0 aliphatic heterocycles. The summed E-state index contributed by atoms with van der Waals surface area (Å²) in [5, 5.41) is 3.60. The van der Waals surface area contributed by atoms with Gasteiger partial charge in [0.15, 0.2) is 0 Å². The van der Waals surface area contributed by atoms with E-state index in [1.807, 2.05) is 0 Å². The van der Waals surface area contributed by atoms with Crippen LogP contribution in [0.1, 0.15) is 59.1 Å². The van der Waals surface area contributed by atoms with Crippen LogP contribution >= 0.6 is 0 Å². The van der Waals surface area contributed by atoms with Gasteiger partial charge < -0.3 is 10.1 Å². The fraction of sp³-hybridized carbons (Fsp3) is 0.647. The van der Waals surface area contributed by atoms with Crippen LogP contribution < -0.4 is 10.1 Å². The van der Waals surface area contributed by atoms with Crippen LogP contribution in [-0.2, 0) is 0 Å². The van der Waals surface area contributed by atoms with E-state index < -0.39 is 0 Å². The zero-order chi connectivity index (χ0) is 14.3. The van der Waals surface area contributed by atoms with E-state index in [1.54, 1.807) is 0 Å². The van der Waals surface area contributed by atoms with Gasteiger partial charge in [0.25, 0.3) is 0 Å². The van der Waals surface area contributed by atoms with E-state index in [-0.39, 0.29) is 6.10 Å². The summed E-state index contributed by atoms with van der Waals surface area (Å²) in [4.78, 5) is 0. The Morgan fingerprint density at radius 1 is 1.11 bits per heavy atom. The predicted molar refractivity (Wildman–Crippen MR) is 82.7 cm³/mol. The van der Waals surface area contributed by atoms with Crippen molar-refractivity contribution in [1.29, 1.82) is 0 Å². The van der Waals surface area contributed by atoms with Gasteiger partial charge in [-0.3, -0.25) is 0 Å². The molecule has 0 amide bonds. The quantitative estimate of drug-likeness (QED) is 0.742. The summed E-state index contributed by atoms with van der Waals surface area (Å²) in [6.45, 7) is 12.0. The van der Waals surface area contributed by atoms with Crippen molar-refractivity contribution in [2.75, 3.05) is 6.54 Å². The molecule has 2 heteroatoms. The summed E-state index contributed by atoms with van der Waals surface area (Å²) >= 11 is 0. The molecular formula is C17H29NO. The van der Waals surface area contributed by atoms with E-state index in [4.69, 9.17) is 4.74 Å². The van der Waals surface area contributed by atoms with Gasteiger partial charge in [0.1, 0.15) is 5.75 Å². The molecule has 0 radical (unpaired) electrons. The topological polar surface area (TPSA) is 21.3 Å². The number of ether oxygens (including phenoxy) is 1. The van der Waals surface area contributed by atoms with Gasteiger partial charge in [-0.2, -0.15) is 0 Å². The fourth-order valence-electron chi connectivity index (χ4n) is 2.00. The Hall–Kier alpha value is -1.02. The molecule has 2 nitrogen and oxygen atoms in total. The second-order valence-electron chi connectivity index (χ2n) is 5.52. The molecule has 1 N–H and O–H groups in total.